The van der Waals surface area contributed by atoms with E-state index in [9.17, 15) is 19.5 Å². The van der Waals surface area contributed by atoms with E-state index in [1.54, 1.807) is 18.2 Å². The van der Waals surface area contributed by atoms with Crippen molar-refractivity contribution < 1.29 is 29.1 Å². The van der Waals surface area contributed by atoms with Crippen LogP contribution in [-0.4, -0.2) is 34.1 Å². The fourth-order valence-electron chi connectivity index (χ4n) is 2.32. The highest BCUT2D eigenvalue weighted by Crippen LogP contribution is 2.22. The van der Waals surface area contributed by atoms with Crippen LogP contribution in [0.4, 0.5) is 0 Å². The minimum Gasteiger partial charge on any atom is -0.488 e. The van der Waals surface area contributed by atoms with Gasteiger partial charge in [0.25, 0.3) is 11.8 Å². The van der Waals surface area contributed by atoms with Crippen LogP contribution in [-0.2, 0) is 21.0 Å². The average molecular weight is 341 g/mol. The molecule has 1 N–H and O–H groups in total. The van der Waals surface area contributed by atoms with E-state index < -0.39 is 30.3 Å². The van der Waals surface area contributed by atoms with E-state index in [0.717, 1.165) is 5.56 Å². The lowest BCUT2D eigenvalue weighted by atomic mass is 10.2. The molecule has 2 aromatic carbocycles. The topological polar surface area (TPSA) is 93.1 Å². The summed E-state index contributed by atoms with van der Waals surface area (Å²) in [7, 11) is 0. The number of carbonyl (C=O) groups is 3. The van der Waals surface area contributed by atoms with Crippen molar-refractivity contribution >= 4 is 17.8 Å². The Balaban J connectivity index is 1.73. The summed E-state index contributed by atoms with van der Waals surface area (Å²) in [6.07, 6.45) is -1.89. The number of hydrogen-bond donors (Lipinski definition) is 1. The molecule has 1 unspecified atom stereocenters. The van der Waals surface area contributed by atoms with Crippen molar-refractivity contribution in [2.45, 2.75) is 19.1 Å². The molecule has 1 fully saturated rings. The quantitative estimate of drug-likeness (QED) is 0.828. The zero-order chi connectivity index (χ0) is 17.8. The molecule has 1 saturated heterocycles. The molecule has 3 rings (SSSR count). The molecule has 1 aliphatic heterocycles. The summed E-state index contributed by atoms with van der Waals surface area (Å²) in [5, 5.41) is 9.65. The zero-order valence-corrected chi connectivity index (χ0v) is 13.1. The van der Waals surface area contributed by atoms with E-state index in [0.29, 0.717) is 5.06 Å². The van der Waals surface area contributed by atoms with Crippen LogP contribution < -0.4 is 4.74 Å². The van der Waals surface area contributed by atoms with Crippen LogP contribution in [0.5, 0.6) is 5.75 Å². The van der Waals surface area contributed by atoms with Gasteiger partial charge in [0.1, 0.15) is 24.0 Å². The maximum atomic E-state index is 12.3. The van der Waals surface area contributed by atoms with Crippen LogP contribution in [0.2, 0.25) is 0 Å². The molecule has 0 radical (unpaired) electrons. The van der Waals surface area contributed by atoms with E-state index in [4.69, 9.17) is 9.57 Å². The first-order valence-electron chi connectivity index (χ1n) is 7.59. The minimum atomic E-state index is -1.48. The van der Waals surface area contributed by atoms with Gasteiger partial charge in [-0.2, -0.15) is 0 Å². The Kier molecular flexibility index (Phi) is 4.76. The maximum Gasteiger partial charge on any atom is 0.367 e. The summed E-state index contributed by atoms with van der Waals surface area (Å²) in [6.45, 7) is 0.241. The van der Waals surface area contributed by atoms with Crippen LogP contribution in [0.1, 0.15) is 22.3 Å². The van der Waals surface area contributed by atoms with Crippen LogP contribution in [0.25, 0.3) is 0 Å². The Morgan fingerprint density at radius 1 is 1.08 bits per heavy atom. The van der Waals surface area contributed by atoms with Crippen LogP contribution in [0.15, 0.2) is 54.6 Å². The van der Waals surface area contributed by atoms with Crippen molar-refractivity contribution in [2.75, 3.05) is 0 Å². The summed E-state index contributed by atoms with van der Waals surface area (Å²) < 4.78 is 5.65. The van der Waals surface area contributed by atoms with Crippen molar-refractivity contribution in [1.29, 1.82) is 0 Å². The number of aliphatic hydroxyl groups is 1. The van der Waals surface area contributed by atoms with Gasteiger partial charge in [-0.1, -0.05) is 47.5 Å². The first kappa shape index (κ1) is 16.7. The largest absolute Gasteiger partial charge is 0.488 e. The third kappa shape index (κ3) is 3.67. The summed E-state index contributed by atoms with van der Waals surface area (Å²) >= 11 is 0. The van der Waals surface area contributed by atoms with Crippen LogP contribution in [0.3, 0.4) is 0 Å². The molecule has 128 valence electrons. The molecule has 2 amide bonds. The van der Waals surface area contributed by atoms with Gasteiger partial charge in [-0.15, -0.1) is 0 Å². The Hall–Kier alpha value is -3.19. The molecule has 1 heterocycles. The molecular formula is C18H15NO6. The molecule has 7 nitrogen and oxygen atoms in total. The molecule has 7 heteroatoms. The van der Waals surface area contributed by atoms with Gasteiger partial charge in [0.15, 0.2) is 0 Å². The van der Waals surface area contributed by atoms with E-state index in [2.05, 4.69) is 0 Å². The van der Waals surface area contributed by atoms with Gasteiger partial charge in [-0.3, -0.25) is 9.59 Å². The number of benzene rings is 2. The summed E-state index contributed by atoms with van der Waals surface area (Å²) in [4.78, 5) is 40.4. The Morgan fingerprint density at radius 3 is 2.44 bits per heavy atom. The first-order chi connectivity index (χ1) is 12.1. The number of para-hydroxylation sites is 1. The zero-order valence-electron chi connectivity index (χ0n) is 13.1. The molecular weight excluding hydrogens is 326 g/mol. The minimum absolute atomic E-state index is 0.0698. The number of aliphatic hydroxyl groups excluding tert-OH is 1. The molecule has 1 aliphatic rings. The van der Waals surface area contributed by atoms with Gasteiger partial charge in [-0.05, 0) is 17.7 Å². The van der Waals surface area contributed by atoms with Crippen molar-refractivity contribution in [3.05, 3.63) is 65.7 Å². The number of rotatable bonds is 5. The molecule has 25 heavy (non-hydrogen) atoms. The number of hydrogen-bond acceptors (Lipinski definition) is 6. The molecule has 0 aromatic heterocycles. The fourth-order valence-corrected chi connectivity index (χ4v) is 2.32. The smallest absolute Gasteiger partial charge is 0.367 e. The number of nitrogens with zero attached hydrogens (tertiary/aromatic N) is 1. The second-order valence-electron chi connectivity index (χ2n) is 5.40. The number of carbonyl (C=O) groups excluding carboxylic acids is 3. The Morgan fingerprint density at radius 2 is 1.76 bits per heavy atom. The van der Waals surface area contributed by atoms with Crippen molar-refractivity contribution in [3.8, 4) is 5.75 Å². The lowest BCUT2D eigenvalue weighted by molar-refractivity contribution is -0.175. The second-order valence-corrected chi connectivity index (χ2v) is 5.40. The lowest BCUT2D eigenvalue weighted by Crippen LogP contribution is -2.34. The van der Waals surface area contributed by atoms with E-state index in [1.807, 2.05) is 30.3 Å². The number of imide groups is 1. The van der Waals surface area contributed by atoms with E-state index in [-0.39, 0.29) is 17.9 Å². The molecule has 0 aliphatic carbocycles. The number of ether oxygens (including phenoxy) is 1. The predicted molar refractivity (Wildman–Crippen MR) is 85.1 cm³/mol. The lowest BCUT2D eigenvalue weighted by Gasteiger charge is -2.15. The first-order valence-corrected chi connectivity index (χ1v) is 7.59. The normalized spacial score (nSPS) is 16.8. The molecule has 0 bridgehead atoms. The van der Waals surface area contributed by atoms with Crippen molar-refractivity contribution in [2.24, 2.45) is 0 Å². The van der Waals surface area contributed by atoms with Crippen LogP contribution in [0, 0.1) is 0 Å². The predicted octanol–water partition coefficient (Wildman–Crippen LogP) is 1.46. The third-order valence-electron chi connectivity index (χ3n) is 3.60. The second kappa shape index (κ2) is 7.14. The van der Waals surface area contributed by atoms with Gasteiger partial charge in [-0.25, -0.2) is 4.79 Å². The van der Waals surface area contributed by atoms with Gasteiger partial charge in [0, 0.05) is 0 Å². The summed E-state index contributed by atoms with van der Waals surface area (Å²) in [5.74, 6) is -2.38. The van der Waals surface area contributed by atoms with E-state index >= 15 is 0 Å². The molecule has 0 spiro atoms. The molecule has 2 aromatic rings. The summed E-state index contributed by atoms with van der Waals surface area (Å²) in [5.41, 5.74) is 0.985. The fraction of sp³-hybridized carbons (Fsp3) is 0.167. The summed E-state index contributed by atoms with van der Waals surface area (Å²) in [6, 6.07) is 15.7. The van der Waals surface area contributed by atoms with E-state index in [1.165, 1.54) is 6.07 Å². The van der Waals surface area contributed by atoms with Gasteiger partial charge in [0.05, 0.1) is 6.42 Å². The highest BCUT2D eigenvalue weighted by atomic mass is 16.7. The monoisotopic (exact) mass is 341 g/mol. The highest BCUT2D eigenvalue weighted by molar-refractivity contribution is 6.05. The standard InChI is InChI=1S/C18H15NO6/c20-14-10-16(21)19(17(14)22)25-18(23)13-8-4-5-9-15(13)24-11-12-6-2-1-3-7-12/h1-9,14,20H,10-11H2. The SMILES string of the molecule is O=C(ON1C(=O)CC(O)C1=O)c1ccccc1OCc1ccccc1. The van der Waals surface area contributed by atoms with Crippen molar-refractivity contribution in [1.82, 2.24) is 5.06 Å². The van der Waals surface area contributed by atoms with Gasteiger partial charge in [0.2, 0.25) is 0 Å². The Bertz CT molecular complexity index is 804. The van der Waals surface area contributed by atoms with Crippen LogP contribution >= 0.6 is 0 Å². The van der Waals surface area contributed by atoms with Gasteiger partial charge < -0.3 is 14.7 Å². The molecule has 0 saturated carbocycles. The molecule has 1 atom stereocenters. The number of amides is 2. The Labute approximate surface area is 143 Å². The highest BCUT2D eigenvalue weighted by Gasteiger charge is 2.41. The van der Waals surface area contributed by atoms with Crippen molar-refractivity contribution in [3.63, 3.8) is 0 Å². The third-order valence-corrected chi connectivity index (χ3v) is 3.60. The maximum absolute atomic E-state index is 12.3. The average Bonchev–Trinajstić information content (AvgIpc) is 2.87. The number of hydroxylamine groups is 2. The van der Waals surface area contributed by atoms with Gasteiger partial charge >= 0.3 is 5.97 Å².